The molecule has 0 amide bonds. The summed E-state index contributed by atoms with van der Waals surface area (Å²) in [5.41, 5.74) is 6.82. The summed E-state index contributed by atoms with van der Waals surface area (Å²) in [6, 6.07) is 1.91. The number of aromatic nitrogens is 2. The lowest BCUT2D eigenvalue weighted by Crippen LogP contribution is -2.10. The van der Waals surface area contributed by atoms with E-state index in [-0.39, 0.29) is 6.04 Å². The highest BCUT2D eigenvalue weighted by Crippen LogP contribution is 2.06. The highest BCUT2D eigenvalue weighted by Gasteiger charge is 2.03. The Hall–Kier alpha value is -0.960. The molecule has 0 saturated carbocycles. The quantitative estimate of drug-likeness (QED) is 0.729. The topological polar surface area (TPSA) is 51.8 Å². The van der Waals surface area contributed by atoms with Gasteiger partial charge in [0.25, 0.3) is 0 Å². The monoisotopic (exact) mass is 193 g/mol. The zero-order chi connectivity index (χ0) is 10.4. The van der Waals surface area contributed by atoms with Crippen molar-refractivity contribution < 1.29 is 0 Å². The molecule has 1 rings (SSSR count). The first kappa shape index (κ1) is 11.1. The first-order chi connectivity index (χ1) is 6.74. The molecule has 0 aliphatic carbocycles. The fraction of sp³-hybridized carbons (Fsp3) is 0.636. The van der Waals surface area contributed by atoms with E-state index in [0.717, 1.165) is 17.9 Å². The van der Waals surface area contributed by atoms with Crippen LogP contribution in [-0.2, 0) is 6.42 Å². The largest absolute Gasteiger partial charge is 0.322 e. The van der Waals surface area contributed by atoms with Crippen LogP contribution in [0.5, 0.6) is 0 Å². The summed E-state index contributed by atoms with van der Waals surface area (Å²) in [6.45, 7) is 4.11. The maximum Gasteiger partial charge on any atom is 0.144 e. The second kappa shape index (κ2) is 5.70. The van der Waals surface area contributed by atoms with Crippen molar-refractivity contribution in [2.75, 3.05) is 0 Å². The van der Waals surface area contributed by atoms with Crippen molar-refractivity contribution in [3.63, 3.8) is 0 Å². The Morgan fingerprint density at radius 1 is 1.43 bits per heavy atom. The van der Waals surface area contributed by atoms with Crippen LogP contribution < -0.4 is 5.73 Å². The number of hydrogen-bond donors (Lipinski definition) is 1. The van der Waals surface area contributed by atoms with E-state index < -0.39 is 0 Å². The predicted octanol–water partition coefficient (Wildman–Crippen LogP) is 2.23. The molecule has 0 aromatic carbocycles. The van der Waals surface area contributed by atoms with Crippen LogP contribution in [0.1, 0.15) is 50.7 Å². The fourth-order valence-corrected chi connectivity index (χ4v) is 1.33. The Balaban J connectivity index is 2.55. The molecule has 1 aromatic heterocycles. The molecular weight excluding hydrogens is 174 g/mol. The van der Waals surface area contributed by atoms with Crippen LogP contribution in [-0.4, -0.2) is 9.97 Å². The predicted molar refractivity (Wildman–Crippen MR) is 57.9 cm³/mol. The van der Waals surface area contributed by atoms with E-state index in [0.29, 0.717) is 0 Å². The third kappa shape index (κ3) is 3.42. The third-order valence-corrected chi connectivity index (χ3v) is 2.18. The van der Waals surface area contributed by atoms with Gasteiger partial charge in [-0.25, -0.2) is 9.97 Å². The molecule has 1 unspecified atom stereocenters. The number of nitrogens with zero attached hydrogens (tertiary/aromatic N) is 2. The second-order valence-electron chi connectivity index (χ2n) is 3.65. The number of aryl methyl sites for hydroxylation is 1. The normalized spacial score (nSPS) is 12.8. The molecule has 3 nitrogen and oxygen atoms in total. The zero-order valence-corrected chi connectivity index (χ0v) is 9.03. The molecule has 1 heterocycles. The van der Waals surface area contributed by atoms with Crippen molar-refractivity contribution in [1.82, 2.24) is 9.97 Å². The average molecular weight is 193 g/mol. The summed E-state index contributed by atoms with van der Waals surface area (Å²) in [4.78, 5) is 8.54. The molecule has 78 valence electrons. The fourth-order valence-electron chi connectivity index (χ4n) is 1.33. The average Bonchev–Trinajstić information content (AvgIpc) is 2.19. The Morgan fingerprint density at radius 2 is 2.21 bits per heavy atom. The third-order valence-electron chi connectivity index (χ3n) is 2.18. The highest BCUT2D eigenvalue weighted by molar-refractivity contribution is 5.04. The Labute approximate surface area is 85.8 Å². The standard InChI is InChI=1S/C11H19N3/c1-3-4-5-6-10-7-8-13-11(14-10)9(2)12/h7-9H,3-6,12H2,1-2H3. The minimum absolute atomic E-state index is 0.0684. The van der Waals surface area contributed by atoms with Crippen molar-refractivity contribution in [2.45, 2.75) is 45.6 Å². The van der Waals surface area contributed by atoms with E-state index in [1.165, 1.54) is 19.3 Å². The van der Waals surface area contributed by atoms with E-state index in [4.69, 9.17) is 5.73 Å². The Kier molecular flexibility index (Phi) is 4.53. The van der Waals surface area contributed by atoms with Crippen LogP contribution >= 0.6 is 0 Å². The van der Waals surface area contributed by atoms with Gasteiger partial charge in [-0.05, 0) is 25.8 Å². The first-order valence-corrected chi connectivity index (χ1v) is 5.31. The SMILES string of the molecule is CCCCCc1ccnc(C(C)N)n1. The van der Waals surface area contributed by atoms with Crippen molar-refractivity contribution in [1.29, 1.82) is 0 Å². The maximum absolute atomic E-state index is 5.71. The van der Waals surface area contributed by atoms with Crippen molar-refractivity contribution in [3.05, 3.63) is 23.8 Å². The minimum atomic E-state index is -0.0684. The lowest BCUT2D eigenvalue weighted by atomic mass is 10.1. The van der Waals surface area contributed by atoms with Gasteiger partial charge in [-0.2, -0.15) is 0 Å². The smallest absolute Gasteiger partial charge is 0.144 e. The number of rotatable bonds is 5. The Morgan fingerprint density at radius 3 is 2.86 bits per heavy atom. The van der Waals surface area contributed by atoms with Crippen LogP contribution in [0.4, 0.5) is 0 Å². The van der Waals surface area contributed by atoms with Gasteiger partial charge in [0.05, 0.1) is 6.04 Å². The molecule has 1 aromatic rings. The highest BCUT2D eigenvalue weighted by atomic mass is 14.9. The van der Waals surface area contributed by atoms with Gasteiger partial charge in [0.2, 0.25) is 0 Å². The van der Waals surface area contributed by atoms with Gasteiger partial charge in [0.1, 0.15) is 5.82 Å². The minimum Gasteiger partial charge on any atom is -0.322 e. The van der Waals surface area contributed by atoms with Gasteiger partial charge < -0.3 is 5.73 Å². The molecule has 0 fully saturated rings. The maximum atomic E-state index is 5.71. The van der Waals surface area contributed by atoms with Gasteiger partial charge in [0, 0.05) is 11.9 Å². The van der Waals surface area contributed by atoms with E-state index in [1.807, 2.05) is 13.0 Å². The summed E-state index contributed by atoms with van der Waals surface area (Å²) >= 11 is 0. The number of nitrogens with two attached hydrogens (primary N) is 1. The molecular formula is C11H19N3. The lowest BCUT2D eigenvalue weighted by molar-refractivity contribution is 0.683. The van der Waals surface area contributed by atoms with Crippen LogP contribution in [0.3, 0.4) is 0 Å². The van der Waals surface area contributed by atoms with Crippen LogP contribution in [0.15, 0.2) is 12.3 Å². The van der Waals surface area contributed by atoms with Crippen molar-refractivity contribution >= 4 is 0 Å². The molecule has 0 saturated heterocycles. The van der Waals surface area contributed by atoms with Crippen LogP contribution in [0.2, 0.25) is 0 Å². The molecule has 0 bridgehead atoms. The lowest BCUT2D eigenvalue weighted by Gasteiger charge is -2.05. The second-order valence-corrected chi connectivity index (χ2v) is 3.65. The summed E-state index contributed by atoms with van der Waals surface area (Å²) in [7, 11) is 0. The summed E-state index contributed by atoms with van der Waals surface area (Å²) in [5, 5.41) is 0. The van der Waals surface area contributed by atoms with Gasteiger partial charge in [0.15, 0.2) is 0 Å². The molecule has 14 heavy (non-hydrogen) atoms. The van der Waals surface area contributed by atoms with E-state index in [1.54, 1.807) is 6.20 Å². The summed E-state index contributed by atoms with van der Waals surface area (Å²) in [6.07, 6.45) is 6.54. The molecule has 0 spiro atoms. The molecule has 2 N–H and O–H groups in total. The number of unbranched alkanes of at least 4 members (excludes halogenated alkanes) is 2. The number of hydrogen-bond acceptors (Lipinski definition) is 3. The molecule has 0 radical (unpaired) electrons. The Bertz CT molecular complexity index is 271. The van der Waals surface area contributed by atoms with Crippen molar-refractivity contribution in [3.8, 4) is 0 Å². The molecule has 0 aliphatic rings. The van der Waals surface area contributed by atoms with Gasteiger partial charge in [-0.3, -0.25) is 0 Å². The molecule has 1 atom stereocenters. The van der Waals surface area contributed by atoms with E-state index in [9.17, 15) is 0 Å². The van der Waals surface area contributed by atoms with Crippen molar-refractivity contribution in [2.24, 2.45) is 5.73 Å². The molecule has 0 aliphatic heterocycles. The summed E-state index contributed by atoms with van der Waals surface area (Å²) < 4.78 is 0. The first-order valence-electron chi connectivity index (χ1n) is 5.31. The van der Waals surface area contributed by atoms with E-state index in [2.05, 4.69) is 16.9 Å². The van der Waals surface area contributed by atoms with E-state index >= 15 is 0 Å². The zero-order valence-electron chi connectivity index (χ0n) is 9.03. The summed E-state index contributed by atoms with van der Waals surface area (Å²) in [5.74, 6) is 0.749. The van der Waals surface area contributed by atoms with Gasteiger partial charge >= 0.3 is 0 Å². The van der Waals surface area contributed by atoms with Gasteiger partial charge in [-0.15, -0.1) is 0 Å². The van der Waals surface area contributed by atoms with Gasteiger partial charge in [-0.1, -0.05) is 19.8 Å². The molecule has 3 heteroatoms. The van der Waals surface area contributed by atoms with Crippen LogP contribution in [0.25, 0.3) is 0 Å². The van der Waals surface area contributed by atoms with Crippen LogP contribution in [0, 0.1) is 0 Å².